The number of primary amides is 1. The minimum absolute atomic E-state index is 0.139. The van der Waals surface area contributed by atoms with Crippen LogP contribution in [0, 0.1) is 11.8 Å². The largest absolute Gasteiger partial charge is 0.510 e. The SMILES string of the molecule is C[C@H]1c2ccc(NC(=O)NC(C)(C)C)c(O)c2C(=O)C2=C(O)[C@]3(OC(=O)NC(C)(C)C)C(=O)C(C(N)=O)=C(O)[C@@H](N(C)C)[C@@H]3[C@@H](O)[C@@H]21. The summed E-state index contributed by atoms with van der Waals surface area (Å²) in [7, 11) is 2.93. The molecule has 256 valence electrons. The fraction of sp³-hybridized carbons (Fsp3) is 0.531. The van der Waals surface area contributed by atoms with Crippen molar-refractivity contribution in [2.45, 2.75) is 83.2 Å². The molecular weight excluding hydrogens is 614 g/mol. The smallest absolute Gasteiger partial charge is 0.409 e. The van der Waals surface area contributed by atoms with Crippen LogP contribution in [0.25, 0.3) is 0 Å². The minimum atomic E-state index is -2.92. The number of ketones is 2. The molecule has 3 aliphatic carbocycles. The van der Waals surface area contributed by atoms with Gasteiger partial charge in [0.25, 0.3) is 5.91 Å². The molecule has 0 aliphatic heterocycles. The lowest BCUT2D eigenvalue weighted by Gasteiger charge is -2.54. The second-order valence-electron chi connectivity index (χ2n) is 14.5. The van der Waals surface area contributed by atoms with E-state index in [1.807, 2.05) is 0 Å². The van der Waals surface area contributed by atoms with E-state index in [-0.39, 0.29) is 16.8 Å². The average molecular weight is 658 g/mol. The molecule has 3 aliphatic rings. The first-order valence-electron chi connectivity index (χ1n) is 15.0. The van der Waals surface area contributed by atoms with Gasteiger partial charge in [0, 0.05) is 22.6 Å². The van der Waals surface area contributed by atoms with Crippen LogP contribution in [0.5, 0.6) is 5.75 Å². The van der Waals surface area contributed by atoms with Crippen LogP contribution in [-0.4, -0.2) is 97.8 Å². The maximum Gasteiger partial charge on any atom is 0.409 e. The molecular formula is C32H43N5O10. The van der Waals surface area contributed by atoms with E-state index < -0.39 is 105 Å². The van der Waals surface area contributed by atoms with Gasteiger partial charge in [-0.3, -0.25) is 19.3 Å². The molecule has 4 rings (SSSR count). The lowest BCUT2D eigenvalue weighted by atomic mass is 9.55. The Morgan fingerprint density at radius 3 is 2.06 bits per heavy atom. The van der Waals surface area contributed by atoms with Crippen molar-refractivity contribution in [3.8, 4) is 5.75 Å². The lowest BCUT2D eigenvalue weighted by Crippen LogP contribution is -2.70. The van der Waals surface area contributed by atoms with E-state index in [0.717, 1.165) is 0 Å². The number of rotatable bonds is 4. The number of Topliss-reactive ketones (excluding diaryl/α,β-unsaturated/α-hetero) is 2. The normalized spacial score (nSPS) is 27.5. The molecule has 15 heteroatoms. The number of ether oxygens (including phenoxy) is 1. The number of benzene rings is 1. The maximum atomic E-state index is 14.3. The molecule has 0 radical (unpaired) electrons. The summed E-state index contributed by atoms with van der Waals surface area (Å²) in [6.07, 6.45) is -3.01. The Hall–Kier alpha value is -4.63. The predicted molar refractivity (Wildman–Crippen MR) is 169 cm³/mol. The quantitative estimate of drug-likeness (QED) is 0.172. The summed E-state index contributed by atoms with van der Waals surface area (Å²) < 4.78 is 5.71. The molecule has 47 heavy (non-hydrogen) atoms. The Kier molecular flexibility index (Phi) is 8.66. The summed E-state index contributed by atoms with van der Waals surface area (Å²) >= 11 is 0. The first kappa shape index (κ1) is 35.2. The van der Waals surface area contributed by atoms with Gasteiger partial charge in [0.1, 0.15) is 11.3 Å². The second kappa shape index (κ2) is 11.6. The molecule has 0 heterocycles. The van der Waals surface area contributed by atoms with Crippen LogP contribution < -0.4 is 21.7 Å². The molecule has 0 bridgehead atoms. The molecule has 4 amide bonds. The van der Waals surface area contributed by atoms with Gasteiger partial charge in [-0.05, 0) is 73.2 Å². The van der Waals surface area contributed by atoms with Crippen molar-refractivity contribution < 1.29 is 49.1 Å². The summed E-state index contributed by atoms with van der Waals surface area (Å²) in [5.74, 6) is -10.1. The zero-order valence-electron chi connectivity index (χ0n) is 27.8. The summed E-state index contributed by atoms with van der Waals surface area (Å²) in [6, 6.07) is 0.777. The number of hydrogen-bond donors (Lipinski definition) is 8. The Balaban J connectivity index is 2.02. The number of carbonyl (C=O) groups excluding carboxylic acids is 5. The number of phenols is 1. The van der Waals surface area contributed by atoms with Crippen LogP contribution in [0.4, 0.5) is 15.3 Å². The van der Waals surface area contributed by atoms with Gasteiger partial charge in [-0.25, -0.2) is 9.59 Å². The topological polar surface area (TPSA) is 241 Å². The van der Waals surface area contributed by atoms with Gasteiger partial charge in [0.05, 0.1) is 29.3 Å². The summed E-state index contributed by atoms with van der Waals surface area (Å²) in [5, 5.41) is 54.4. The molecule has 0 saturated heterocycles. The standard InChI is InChI=1S/C32H43N5O10/c1-12-13-10-11-14(34-28(45)35-30(2,3)4)21(38)16(13)22(39)17-15(12)23(40)19-20(37(8)9)24(41)18(27(33)44)26(43)32(19,25(17)42)47-29(46)36-31(5,6)7/h10-12,15,19-20,23,38,40-42H,1-9H3,(H2,33,44)(H,36,46)(H2,34,35,45)/t12-,15+,19+,20-,23-,32-/m0/s1. The van der Waals surface area contributed by atoms with Gasteiger partial charge in [0.2, 0.25) is 11.4 Å². The zero-order chi connectivity index (χ0) is 35.7. The van der Waals surface area contributed by atoms with Crippen molar-refractivity contribution in [2.75, 3.05) is 19.4 Å². The molecule has 0 fully saturated rings. The van der Waals surface area contributed by atoms with Gasteiger partial charge in [0.15, 0.2) is 17.3 Å². The number of amides is 4. The molecule has 6 atom stereocenters. The number of likely N-dealkylation sites (N-methyl/N-ethyl adjacent to an activating group) is 1. The molecule has 9 N–H and O–H groups in total. The number of urea groups is 1. The Morgan fingerprint density at radius 2 is 1.55 bits per heavy atom. The molecule has 1 aromatic rings. The van der Waals surface area contributed by atoms with Crippen LogP contribution in [0.1, 0.15) is 70.3 Å². The number of fused-ring (bicyclic) bond motifs is 3. The van der Waals surface area contributed by atoms with Crippen molar-refractivity contribution in [1.82, 2.24) is 15.5 Å². The number of hydrogen-bond acceptors (Lipinski definition) is 11. The minimum Gasteiger partial charge on any atom is -0.510 e. The molecule has 0 saturated carbocycles. The fourth-order valence-electron chi connectivity index (χ4n) is 6.84. The van der Waals surface area contributed by atoms with Gasteiger partial charge in [-0.2, -0.15) is 0 Å². The Bertz CT molecular complexity index is 1630. The average Bonchev–Trinajstić information content (AvgIpc) is 2.89. The second-order valence-corrected chi connectivity index (χ2v) is 14.5. The van der Waals surface area contributed by atoms with Gasteiger partial charge >= 0.3 is 12.1 Å². The summed E-state index contributed by atoms with van der Waals surface area (Å²) in [6.45, 7) is 11.7. The van der Waals surface area contributed by atoms with Gasteiger partial charge in [-0.15, -0.1) is 0 Å². The van der Waals surface area contributed by atoms with E-state index in [9.17, 15) is 44.4 Å². The Morgan fingerprint density at radius 1 is 0.979 bits per heavy atom. The van der Waals surface area contributed by atoms with Crippen LogP contribution >= 0.6 is 0 Å². The van der Waals surface area contributed by atoms with E-state index >= 15 is 0 Å². The van der Waals surface area contributed by atoms with Crippen molar-refractivity contribution >= 4 is 35.3 Å². The van der Waals surface area contributed by atoms with E-state index in [1.54, 1.807) is 48.5 Å². The van der Waals surface area contributed by atoms with E-state index in [2.05, 4.69) is 16.0 Å². The number of nitrogens with zero attached hydrogens (tertiary/aromatic N) is 1. The van der Waals surface area contributed by atoms with Crippen molar-refractivity contribution in [3.63, 3.8) is 0 Å². The number of anilines is 1. The number of nitrogens with two attached hydrogens (primary N) is 1. The fourth-order valence-corrected chi connectivity index (χ4v) is 6.84. The monoisotopic (exact) mass is 657 g/mol. The number of aromatic hydroxyl groups is 1. The summed E-state index contributed by atoms with van der Waals surface area (Å²) in [4.78, 5) is 68.5. The van der Waals surface area contributed by atoms with Gasteiger partial charge < -0.3 is 46.8 Å². The first-order chi connectivity index (χ1) is 21.5. The number of nitrogens with one attached hydrogen (secondary N) is 3. The third kappa shape index (κ3) is 5.78. The molecule has 1 aromatic carbocycles. The number of aliphatic hydroxyl groups is 3. The lowest BCUT2D eigenvalue weighted by molar-refractivity contribution is -0.163. The highest BCUT2D eigenvalue weighted by molar-refractivity contribution is 6.25. The highest BCUT2D eigenvalue weighted by Crippen LogP contribution is 2.57. The third-order valence-corrected chi connectivity index (χ3v) is 8.57. The zero-order valence-corrected chi connectivity index (χ0v) is 27.8. The predicted octanol–water partition coefficient (Wildman–Crippen LogP) is 2.10. The highest BCUT2D eigenvalue weighted by atomic mass is 16.6. The van der Waals surface area contributed by atoms with E-state index in [0.29, 0.717) is 0 Å². The first-order valence-corrected chi connectivity index (χ1v) is 15.0. The van der Waals surface area contributed by atoms with E-state index in [4.69, 9.17) is 10.5 Å². The highest BCUT2D eigenvalue weighted by Gasteiger charge is 2.70. The van der Waals surface area contributed by atoms with Crippen LogP contribution in [0.2, 0.25) is 0 Å². The molecule has 0 unspecified atom stereocenters. The van der Waals surface area contributed by atoms with Crippen LogP contribution in [0.15, 0.2) is 34.8 Å². The summed E-state index contributed by atoms with van der Waals surface area (Å²) in [5.41, 5.74) is -0.716. The van der Waals surface area contributed by atoms with Crippen molar-refractivity contribution in [2.24, 2.45) is 17.6 Å². The number of alkyl carbamates (subject to hydrolysis) is 1. The third-order valence-electron chi connectivity index (χ3n) is 8.57. The van der Waals surface area contributed by atoms with Crippen molar-refractivity contribution in [1.29, 1.82) is 0 Å². The van der Waals surface area contributed by atoms with E-state index in [1.165, 1.54) is 31.1 Å². The van der Waals surface area contributed by atoms with Gasteiger partial charge in [-0.1, -0.05) is 13.0 Å². The maximum absolute atomic E-state index is 14.3. The van der Waals surface area contributed by atoms with Crippen molar-refractivity contribution in [3.05, 3.63) is 45.9 Å². The molecule has 0 aromatic heterocycles. The number of carbonyl (C=O) groups is 5. The number of phenolic OH excluding ortho intramolecular Hbond substituents is 1. The molecule has 0 spiro atoms. The Labute approximate surface area is 271 Å². The number of aliphatic hydroxyl groups excluding tert-OH is 3. The van der Waals surface area contributed by atoms with Crippen LogP contribution in [-0.2, 0) is 14.3 Å². The van der Waals surface area contributed by atoms with Crippen LogP contribution in [0.3, 0.4) is 0 Å². The molecule has 15 nitrogen and oxygen atoms in total.